The fraction of sp³-hybridized carbons (Fsp3) is 0.955. The minimum absolute atomic E-state index is 0.0956. The van der Waals surface area contributed by atoms with Gasteiger partial charge in [0.05, 0.1) is 6.04 Å². The molecule has 0 bridgehead atoms. The smallest absolute Gasteiger partial charge is 0.152 e. The zero-order valence-corrected chi connectivity index (χ0v) is 17.9. The Morgan fingerprint density at radius 1 is 1.00 bits per heavy atom. The highest BCUT2D eigenvalue weighted by Crippen LogP contribution is 2.62. The minimum atomic E-state index is 0.0956. The molecule has 2 fully saturated rings. The van der Waals surface area contributed by atoms with Crippen LogP contribution in [-0.4, -0.2) is 28.8 Å². The molecule has 0 amide bonds. The summed E-state index contributed by atoms with van der Waals surface area (Å²) in [7, 11) is 0. The molecular formula is C22H41NO. The third-order valence-corrected chi connectivity index (χ3v) is 7.77. The van der Waals surface area contributed by atoms with Gasteiger partial charge in [-0.1, -0.05) is 55.4 Å². The predicted octanol–water partition coefficient (Wildman–Crippen LogP) is 5.55. The second-order valence-corrected chi connectivity index (χ2v) is 11.0. The van der Waals surface area contributed by atoms with Gasteiger partial charge >= 0.3 is 0 Å². The quantitative estimate of drug-likeness (QED) is 0.674. The maximum absolute atomic E-state index is 13.0. The SMILES string of the molecule is CC(C)C(=O)[C@@H]1CC(C)(C)C2C(CCC(C)(C)C2(C)C)N1C(C)C. The number of hydrogen-bond acceptors (Lipinski definition) is 2. The van der Waals surface area contributed by atoms with Gasteiger partial charge in [-0.15, -0.1) is 0 Å². The zero-order chi connectivity index (χ0) is 18.7. The van der Waals surface area contributed by atoms with Crippen molar-refractivity contribution in [2.24, 2.45) is 28.1 Å². The van der Waals surface area contributed by atoms with Crippen molar-refractivity contribution in [2.75, 3.05) is 0 Å². The van der Waals surface area contributed by atoms with Crippen molar-refractivity contribution < 1.29 is 4.79 Å². The summed E-state index contributed by atoms with van der Waals surface area (Å²) in [5, 5.41) is 0. The highest BCUT2D eigenvalue weighted by atomic mass is 16.1. The molecule has 2 aliphatic rings. The summed E-state index contributed by atoms with van der Waals surface area (Å²) in [6.07, 6.45) is 3.48. The molecule has 2 nitrogen and oxygen atoms in total. The summed E-state index contributed by atoms with van der Waals surface area (Å²) in [4.78, 5) is 15.6. The monoisotopic (exact) mass is 335 g/mol. The molecule has 0 N–H and O–H groups in total. The summed E-state index contributed by atoms with van der Waals surface area (Å²) < 4.78 is 0. The van der Waals surface area contributed by atoms with Crippen LogP contribution >= 0.6 is 0 Å². The lowest BCUT2D eigenvalue weighted by Gasteiger charge is -2.66. The van der Waals surface area contributed by atoms with Crippen molar-refractivity contribution in [3.05, 3.63) is 0 Å². The van der Waals surface area contributed by atoms with E-state index in [0.29, 0.717) is 29.2 Å². The topological polar surface area (TPSA) is 20.3 Å². The van der Waals surface area contributed by atoms with E-state index in [2.05, 4.69) is 74.1 Å². The molecule has 1 aliphatic carbocycles. The van der Waals surface area contributed by atoms with Crippen LogP contribution in [0.1, 0.15) is 88.5 Å². The molecule has 0 aromatic carbocycles. The Hall–Kier alpha value is -0.370. The van der Waals surface area contributed by atoms with Crippen LogP contribution in [0.25, 0.3) is 0 Å². The second-order valence-electron chi connectivity index (χ2n) is 11.0. The van der Waals surface area contributed by atoms with E-state index in [4.69, 9.17) is 0 Å². The molecule has 1 saturated heterocycles. The van der Waals surface area contributed by atoms with Crippen LogP contribution in [0.3, 0.4) is 0 Å². The normalized spacial score (nSPS) is 35.1. The first-order chi connectivity index (χ1) is 10.7. The van der Waals surface area contributed by atoms with Crippen LogP contribution in [0.2, 0.25) is 0 Å². The summed E-state index contributed by atoms with van der Waals surface area (Å²) >= 11 is 0. The van der Waals surface area contributed by atoms with Gasteiger partial charge in [-0.2, -0.15) is 0 Å². The van der Waals surface area contributed by atoms with Crippen molar-refractivity contribution in [2.45, 2.75) is 107 Å². The van der Waals surface area contributed by atoms with Crippen molar-refractivity contribution in [3.63, 3.8) is 0 Å². The number of hydrogen-bond donors (Lipinski definition) is 0. The maximum Gasteiger partial charge on any atom is 0.152 e. The third kappa shape index (κ3) is 2.97. The molecular weight excluding hydrogens is 294 g/mol. The molecule has 2 unspecified atom stereocenters. The van der Waals surface area contributed by atoms with E-state index in [0.717, 1.165) is 6.42 Å². The summed E-state index contributed by atoms with van der Waals surface area (Å²) in [6, 6.07) is 1.06. The first-order valence-corrected chi connectivity index (χ1v) is 10.0. The van der Waals surface area contributed by atoms with E-state index < -0.39 is 0 Å². The summed E-state index contributed by atoms with van der Waals surface area (Å²) in [5.74, 6) is 1.20. The van der Waals surface area contributed by atoms with Crippen LogP contribution in [0, 0.1) is 28.1 Å². The van der Waals surface area contributed by atoms with Crippen LogP contribution in [0.15, 0.2) is 0 Å². The first kappa shape index (κ1) is 19.9. The molecule has 0 spiro atoms. The Balaban J connectivity index is 2.51. The Labute approximate surface area is 150 Å². The molecule has 0 aromatic heterocycles. The molecule has 3 atom stereocenters. The van der Waals surface area contributed by atoms with Crippen molar-refractivity contribution in [3.8, 4) is 0 Å². The number of nitrogens with zero attached hydrogens (tertiary/aromatic N) is 1. The first-order valence-electron chi connectivity index (χ1n) is 10.0. The van der Waals surface area contributed by atoms with Gasteiger partial charge in [0.1, 0.15) is 0 Å². The van der Waals surface area contributed by atoms with E-state index in [-0.39, 0.29) is 22.8 Å². The van der Waals surface area contributed by atoms with Crippen LogP contribution in [-0.2, 0) is 4.79 Å². The molecule has 2 rings (SSSR count). The minimum Gasteiger partial charge on any atom is -0.298 e. The number of carbonyl (C=O) groups is 1. The molecule has 1 aliphatic heterocycles. The molecule has 140 valence electrons. The molecule has 0 aromatic rings. The van der Waals surface area contributed by atoms with E-state index in [1.165, 1.54) is 12.8 Å². The fourth-order valence-corrected chi connectivity index (χ4v) is 6.06. The molecule has 1 heterocycles. The highest BCUT2D eigenvalue weighted by Gasteiger charge is 2.60. The van der Waals surface area contributed by atoms with E-state index >= 15 is 0 Å². The second kappa shape index (κ2) is 6.11. The Bertz CT molecular complexity index is 486. The lowest BCUT2D eigenvalue weighted by atomic mass is 9.45. The number of Topliss-reactive ketones (excluding diaryl/α,β-unsaturated/α-hetero) is 1. The Morgan fingerprint density at radius 2 is 1.54 bits per heavy atom. The molecule has 1 saturated carbocycles. The number of ketones is 1. The van der Waals surface area contributed by atoms with Gasteiger partial charge < -0.3 is 0 Å². The highest BCUT2D eigenvalue weighted by molar-refractivity contribution is 5.86. The van der Waals surface area contributed by atoms with E-state index in [1.54, 1.807) is 0 Å². The van der Waals surface area contributed by atoms with Gasteiger partial charge in [0.25, 0.3) is 0 Å². The van der Waals surface area contributed by atoms with Gasteiger partial charge in [-0.3, -0.25) is 9.69 Å². The van der Waals surface area contributed by atoms with E-state index in [1.807, 2.05) is 0 Å². The average Bonchev–Trinajstić information content (AvgIpc) is 2.40. The zero-order valence-electron chi connectivity index (χ0n) is 17.9. The van der Waals surface area contributed by atoms with Gasteiger partial charge in [-0.05, 0) is 55.3 Å². The number of piperidine rings is 1. The Kier molecular flexibility index (Phi) is 5.08. The van der Waals surface area contributed by atoms with Crippen molar-refractivity contribution in [1.82, 2.24) is 4.90 Å². The summed E-state index contributed by atoms with van der Waals surface area (Å²) in [6.45, 7) is 23.4. The number of carbonyl (C=O) groups excluding carboxylic acids is 1. The van der Waals surface area contributed by atoms with Crippen LogP contribution in [0.5, 0.6) is 0 Å². The predicted molar refractivity (Wildman–Crippen MR) is 103 cm³/mol. The third-order valence-electron chi connectivity index (χ3n) is 7.77. The number of fused-ring (bicyclic) bond motifs is 1. The van der Waals surface area contributed by atoms with Gasteiger partial charge in [0.2, 0.25) is 0 Å². The summed E-state index contributed by atoms with van der Waals surface area (Å²) in [5.41, 5.74) is 0.827. The van der Waals surface area contributed by atoms with Crippen LogP contribution in [0.4, 0.5) is 0 Å². The Morgan fingerprint density at radius 3 is 2.00 bits per heavy atom. The van der Waals surface area contributed by atoms with Gasteiger partial charge in [-0.25, -0.2) is 0 Å². The maximum atomic E-state index is 13.0. The van der Waals surface area contributed by atoms with Crippen molar-refractivity contribution >= 4 is 5.78 Å². The molecule has 0 radical (unpaired) electrons. The molecule has 24 heavy (non-hydrogen) atoms. The average molecular weight is 336 g/mol. The van der Waals surface area contributed by atoms with Gasteiger partial charge in [0, 0.05) is 18.0 Å². The lowest BCUT2D eigenvalue weighted by Crippen LogP contribution is -2.68. The lowest BCUT2D eigenvalue weighted by molar-refractivity contribution is -0.175. The van der Waals surface area contributed by atoms with Crippen molar-refractivity contribution in [1.29, 1.82) is 0 Å². The number of rotatable bonds is 3. The van der Waals surface area contributed by atoms with Gasteiger partial charge in [0.15, 0.2) is 5.78 Å². The van der Waals surface area contributed by atoms with E-state index in [9.17, 15) is 4.79 Å². The largest absolute Gasteiger partial charge is 0.298 e. The van der Waals surface area contributed by atoms with Crippen LogP contribution < -0.4 is 0 Å². The standard InChI is InChI=1S/C22H41NO/c1-14(2)18(24)17-13-20(5,6)19-16(23(17)15(3)4)11-12-21(7,8)22(19,9)10/h14-17,19H,11-13H2,1-10H3/t16?,17-,19?/m0/s1. The molecule has 2 heteroatoms. The fourth-order valence-electron chi connectivity index (χ4n) is 6.06. The number of likely N-dealkylation sites (tertiary alicyclic amines) is 1.